The van der Waals surface area contributed by atoms with Crippen LogP contribution in [0.2, 0.25) is 0 Å². The average molecular weight is 368 g/mol. The molecule has 4 heteroatoms. The summed E-state index contributed by atoms with van der Waals surface area (Å²) in [5.41, 5.74) is 4.75. The number of hydrogen-bond acceptors (Lipinski definition) is 4. The molecule has 2 aromatic heterocycles. The normalized spacial score (nSPS) is 11.3. The van der Waals surface area contributed by atoms with Gasteiger partial charge in [-0.3, -0.25) is 0 Å². The van der Waals surface area contributed by atoms with Gasteiger partial charge in [-0.1, -0.05) is 54.6 Å². The van der Waals surface area contributed by atoms with Gasteiger partial charge in [0.25, 0.3) is 0 Å². The maximum absolute atomic E-state index is 9.50. The zero-order valence-corrected chi connectivity index (χ0v) is 15.5. The molecule has 27 heavy (non-hydrogen) atoms. The second-order valence-electron chi connectivity index (χ2n) is 6.10. The summed E-state index contributed by atoms with van der Waals surface area (Å²) in [6.45, 7) is 1.88. The third-order valence-electron chi connectivity index (χ3n) is 4.19. The van der Waals surface area contributed by atoms with Gasteiger partial charge in [-0.05, 0) is 30.2 Å². The minimum Gasteiger partial charge on any atom is -0.462 e. The Morgan fingerprint density at radius 3 is 2.33 bits per heavy atom. The second kappa shape index (κ2) is 7.45. The van der Waals surface area contributed by atoms with Crippen molar-refractivity contribution in [2.45, 2.75) is 6.92 Å². The molecule has 130 valence electrons. The fourth-order valence-corrected chi connectivity index (χ4v) is 3.60. The van der Waals surface area contributed by atoms with Gasteiger partial charge in [0.15, 0.2) is 0 Å². The number of nitrogens with zero attached hydrogens (tertiary/aromatic N) is 2. The SMILES string of the molecule is Cc1ccc(/C=C(/C#N)c2nc(-c3ccc(-c4ccccc4)cc3)cs2)o1. The lowest BCUT2D eigenvalue weighted by atomic mass is 10.0. The van der Waals surface area contributed by atoms with Crippen LogP contribution in [0.3, 0.4) is 0 Å². The van der Waals surface area contributed by atoms with E-state index in [0.717, 1.165) is 17.0 Å². The van der Waals surface area contributed by atoms with Gasteiger partial charge < -0.3 is 4.42 Å². The summed E-state index contributed by atoms with van der Waals surface area (Å²) in [6.07, 6.45) is 1.73. The van der Waals surface area contributed by atoms with Crippen molar-refractivity contribution < 1.29 is 4.42 Å². The van der Waals surface area contributed by atoms with Crippen molar-refractivity contribution in [2.24, 2.45) is 0 Å². The lowest BCUT2D eigenvalue weighted by Crippen LogP contribution is -1.83. The minimum atomic E-state index is 0.501. The van der Waals surface area contributed by atoms with Crippen molar-refractivity contribution >= 4 is 23.0 Å². The molecule has 0 unspecified atom stereocenters. The number of hydrogen-bond donors (Lipinski definition) is 0. The maximum atomic E-state index is 9.50. The van der Waals surface area contributed by atoms with Crippen LogP contribution in [0.1, 0.15) is 16.5 Å². The lowest BCUT2D eigenvalue weighted by molar-refractivity contribution is 0.525. The molecule has 0 N–H and O–H groups in total. The number of furan rings is 1. The molecule has 3 nitrogen and oxygen atoms in total. The number of allylic oxidation sites excluding steroid dienone is 1. The van der Waals surface area contributed by atoms with E-state index < -0.39 is 0 Å². The highest BCUT2D eigenvalue weighted by Crippen LogP contribution is 2.29. The fraction of sp³-hybridized carbons (Fsp3) is 0.0435. The Bertz CT molecular complexity index is 1130. The first-order valence-electron chi connectivity index (χ1n) is 8.53. The summed E-state index contributed by atoms with van der Waals surface area (Å²) in [6, 6.07) is 24.5. The molecule has 0 spiro atoms. The van der Waals surface area contributed by atoms with Crippen LogP contribution in [-0.2, 0) is 0 Å². The number of rotatable bonds is 4. The standard InChI is InChI=1S/C23H16N2OS/c1-16-7-12-21(26-16)13-20(14-24)23-25-22(15-27-23)19-10-8-18(9-11-19)17-5-3-2-4-6-17/h2-13,15H,1H3/b20-13-. The van der Waals surface area contributed by atoms with Gasteiger partial charge in [0.2, 0.25) is 0 Å². The number of thiazole rings is 1. The van der Waals surface area contributed by atoms with Crippen LogP contribution in [0.15, 0.2) is 76.5 Å². The van der Waals surface area contributed by atoms with Crippen LogP contribution in [0.5, 0.6) is 0 Å². The summed E-state index contributed by atoms with van der Waals surface area (Å²) in [5.74, 6) is 1.48. The van der Waals surface area contributed by atoms with Crippen molar-refractivity contribution in [3.63, 3.8) is 0 Å². The maximum Gasteiger partial charge on any atom is 0.134 e. The van der Waals surface area contributed by atoms with Crippen molar-refractivity contribution in [1.29, 1.82) is 5.26 Å². The van der Waals surface area contributed by atoms with E-state index in [9.17, 15) is 5.26 Å². The van der Waals surface area contributed by atoms with E-state index in [1.165, 1.54) is 22.5 Å². The molecular formula is C23H16N2OS. The molecule has 4 rings (SSSR count). The molecule has 0 saturated heterocycles. The number of benzene rings is 2. The average Bonchev–Trinajstić information content (AvgIpc) is 3.36. The number of aromatic nitrogens is 1. The Labute approximate surface area is 161 Å². The Hall–Kier alpha value is -3.42. The Morgan fingerprint density at radius 1 is 0.963 bits per heavy atom. The van der Waals surface area contributed by atoms with Crippen molar-refractivity contribution in [2.75, 3.05) is 0 Å². The van der Waals surface area contributed by atoms with E-state index in [1.54, 1.807) is 6.08 Å². The van der Waals surface area contributed by atoms with Crippen LogP contribution in [0.25, 0.3) is 34.0 Å². The third kappa shape index (κ3) is 3.74. The van der Waals surface area contributed by atoms with Crippen molar-refractivity contribution in [1.82, 2.24) is 4.98 Å². The summed E-state index contributed by atoms with van der Waals surface area (Å²) < 4.78 is 5.53. The smallest absolute Gasteiger partial charge is 0.134 e. The zero-order chi connectivity index (χ0) is 18.6. The van der Waals surface area contributed by atoms with Gasteiger partial charge in [-0.25, -0.2) is 4.98 Å². The molecule has 2 aromatic carbocycles. The van der Waals surface area contributed by atoms with E-state index in [4.69, 9.17) is 4.42 Å². The highest BCUT2D eigenvalue weighted by Gasteiger charge is 2.10. The molecule has 4 aromatic rings. The first-order valence-corrected chi connectivity index (χ1v) is 9.41. The van der Waals surface area contributed by atoms with Gasteiger partial charge in [0, 0.05) is 17.0 Å². The predicted octanol–water partition coefficient (Wildman–Crippen LogP) is 6.44. The zero-order valence-electron chi connectivity index (χ0n) is 14.7. The largest absolute Gasteiger partial charge is 0.462 e. The van der Waals surface area contributed by atoms with Crippen molar-refractivity contribution in [3.05, 3.63) is 88.6 Å². The van der Waals surface area contributed by atoms with Crippen LogP contribution < -0.4 is 0 Å². The molecule has 0 bridgehead atoms. The topological polar surface area (TPSA) is 49.8 Å². The summed E-state index contributed by atoms with van der Waals surface area (Å²) >= 11 is 1.46. The Balaban J connectivity index is 1.60. The van der Waals surface area contributed by atoms with Crippen molar-refractivity contribution in [3.8, 4) is 28.5 Å². The van der Waals surface area contributed by atoms with E-state index in [-0.39, 0.29) is 0 Å². The summed E-state index contributed by atoms with van der Waals surface area (Å²) in [7, 11) is 0. The Kier molecular flexibility index (Phi) is 4.69. The van der Waals surface area contributed by atoms with Crippen LogP contribution in [0.4, 0.5) is 0 Å². The van der Waals surface area contributed by atoms with Gasteiger partial charge in [-0.15, -0.1) is 11.3 Å². The first-order chi connectivity index (χ1) is 13.2. The molecule has 0 aliphatic carbocycles. The molecule has 0 saturated carbocycles. The second-order valence-corrected chi connectivity index (χ2v) is 6.96. The summed E-state index contributed by atoms with van der Waals surface area (Å²) in [5, 5.41) is 12.2. The lowest BCUT2D eigenvalue weighted by Gasteiger charge is -2.02. The molecule has 0 radical (unpaired) electrons. The van der Waals surface area contributed by atoms with E-state index >= 15 is 0 Å². The number of aryl methyl sites for hydroxylation is 1. The molecule has 0 fully saturated rings. The van der Waals surface area contributed by atoms with Crippen LogP contribution >= 0.6 is 11.3 Å². The van der Waals surface area contributed by atoms with E-state index in [0.29, 0.717) is 16.3 Å². The van der Waals surface area contributed by atoms with Gasteiger partial charge in [-0.2, -0.15) is 5.26 Å². The third-order valence-corrected chi connectivity index (χ3v) is 5.07. The summed E-state index contributed by atoms with van der Waals surface area (Å²) in [4.78, 5) is 4.64. The first kappa shape index (κ1) is 17.0. The molecule has 0 aliphatic rings. The Morgan fingerprint density at radius 2 is 1.67 bits per heavy atom. The molecule has 0 amide bonds. The monoisotopic (exact) mass is 368 g/mol. The minimum absolute atomic E-state index is 0.501. The molecule has 2 heterocycles. The van der Waals surface area contributed by atoms with E-state index in [2.05, 4.69) is 47.5 Å². The fourth-order valence-electron chi connectivity index (χ4n) is 2.81. The van der Waals surface area contributed by atoms with Gasteiger partial charge >= 0.3 is 0 Å². The quantitative estimate of drug-likeness (QED) is 0.389. The highest BCUT2D eigenvalue weighted by atomic mass is 32.1. The molecular weight excluding hydrogens is 352 g/mol. The molecule has 0 atom stereocenters. The highest BCUT2D eigenvalue weighted by molar-refractivity contribution is 7.11. The van der Waals surface area contributed by atoms with E-state index in [1.807, 2.05) is 42.6 Å². The van der Waals surface area contributed by atoms with Crippen LogP contribution in [-0.4, -0.2) is 4.98 Å². The predicted molar refractivity (Wildman–Crippen MR) is 110 cm³/mol. The number of nitriles is 1. The van der Waals surface area contributed by atoms with Gasteiger partial charge in [0.1, 0.15) is 22.6 Å². The van der Waals surface area contributed by atoms with Gasteiger partial charge in [0.05, 0.1) is 11.3 Å². The van der Waals surface area contributed by atoms with Crippen LogP contribution in [0, 0.1) is 18.3 Å². The molecule has 0 aliphatic heterocycles.